The smallest absolute Gasteiger partial charge is 0.194 e. The maximum atomic E-state index is 13.8. The van der Waals surface area contributed by atoms with Crippen LogP contribution in [0.15, 0.2) is 48.9 Å². The van der Waals surface area contributed by atoms with Gasteiger partial charge in [0, 0.05) is 5.56 Å². The van der Waals surface area contributed by atoms with Gasteiger partial charge in [-0.15, -0.1) is 15.3 Å². The molecule has 10 nitrogen and oxygen atoms in total. The lowest BCUT2D eigenvalue weighted by Crippen LogP contribution is -2.53. The Hall–Kier alpha value is -3.72. The zero-order chi connectivity index (χ0) is 25.6. The van der Waals surface area contributed by atoms with Crippen molar-refractivity contribution in [2.24, 2.45) is 0 Å². The Kier molecular flexibility index (Phi) is 6.26. The van der Waals surface area contributed by atoms with Gasteiger partial charge in [0.15, 0.2) is 23.3 Å². The standard InChI is InChI=1S/C22H18F4N6O4/c23-11-2-1-3-12(6-11)31-9-27-29-22(31)21-20(35)18(19(34)16(8-33)36-21)32-7-15(28-30-32)10-4-13(24)17(26)14(25)5-10/h1-7,9,16,18-21,33-35H,8H2/t16-,18+,19+,20-,21-/m1/s1. The van der Waals surface area contributed by atoms with Gasteiger partial charge in [-0.2, -0.15) is 0 Å². The van der Waals surface area contributed by atoms with Crippen molar-refractivity contribution in [1.29, 1.82) is 0 Å². The van der Waals surface area contributed by atoms with E-state index >= 15 is 0 Å². The van der Waals surface area contributed by atoms with Crippen LogP contribution in [-0.2, 0) is 4.74 Å². The second-order valence-electron chi connectivity index (χ2n) is 8.13. The molecule has 3 heterocycles. The van der Waals surface area contributed by atoms with Crippen molar-refractivity contribution in [3.8, 4) is 16.9 Å². The predicted octanol–water partition coefficient (Wildman–Crippen LogP) is 1.48. The number of rotatable bonds is 5. The second kappa shape index (κ2) is 9.39. The van der Waals surface area contributed by atoms with Gasteiger partial charge in [-0.25, -0.2) is 22.2 Å². The van der Waals surface area contributed by atoms with E-state index in [1.807, 2.05) is 0 Å². The number of aliphatic hydroxyl groups excluding tert-OH is 3. The summed E-state index contributed by atoms with van der Waals surface area (Å²) >= 11 is 0. The van der Waals surface area contributed by atoms with Crippen molar-refractivity contribution in [3.05, 3.63) is 78.0 Å². The van der Waals surface area contributed by atoms with Crippen LogP contribution in [0.3, 0.4) is 0 Å². The van der Waals surface area contributed by atoms with E-state index < -0.39 is 60.3 Å². The number of benzene rings is 2. The SMILES string of the molecule is OC[C@H]1O[C@@H](c2nncn2-c2cccc(F)c2)[C@H](O)[C@@H](n2cc(-c3cc(F)c(F)c(F)c3)nn2)[C@H]1O. The fraction of sp³-hybridized carbons (Fsp3) is 0.273. The summed E-state index contributed by atoms with van der Waals surface area (Å²) in [6.45, 7) is -0.648. The van der Waals surface area contributed by atoms with Crippen molar-refractivity contribution in [2.45, 2.75) is 30.5 Å². The molecule has 2 aromatic heterocycles. The third-order valence-corrected chi connectivity index (χ3v) is 5.90. The molecule has 188 valence electrons. The molecule has 14 heteroatoms. The van der Waals surface area contributed by atoms with E-state index in [1.165, 1.54) is 35.3 Å². The fourth-order valence-corrected chi connectivity index (χ4v) is 4.15. The number of aromatic nitrogens is 6. The van der Waals surface area contributed by atoms with E-state index in [0.717, 1.165) is 16.8 Å². The quantitative estimate of drug-likeness (QED) is 0.274. The van der Waals surface area contributed by atoms with Gasteiger partial charge in [0.1, 0.15) is 48.3 Å². The number of halogens is 4. The van der Waals surface area contributed by atoms with Gasteiger partial charge in [-0.1, -0.05) is 11.3 Å². The summed E-state index contributed by atoms with van der Waals surface area (Å²) in [5.41, 5.74) is 0.130. The van der Waals surface area contributed by atoms with Crippen LogP contribution in [0, 0.1) is 23.3 Å². The molecule has 1 aliphatic rings. The van der Waals surface area contributed by atoms with E-state index in [0.29, 0.717) is 5.69 Å². The van der Waals surface area contributed by atoms with Gasteiger partial charge in [0.2, 0.25) is 0 Å². The van der Waals surface area contributed by atoms with Gasteiger partial charge >= 0.3 is 0 Å². The van der Waals surface area contributed by atoms with E-state index in [4.69, 9.17) is 4.74 Å². The molecule has 0 aliphatic carbocycles. The highest BCUT2D eigenvalue weighted by molar-refractivity contribution is 5.58. The fourth-order valence-electron chi connectivity index (χ4n) is 4.15. The molecule has 1 aliphatic heterocycles. The highest BCUT2D eigenvalue weighted by atomic mass is 19.2. The van der Waals surface area contributed by atoms with Crippen LogP contribution in [0.1, 0.15) is 18.0 Å². The second-order valence-corrected chi connectivity index (χ2v) is 8.13. The number of aliphatic hydroxyl groups is 3. The van der Waals surface area contributed by atoms with Crippen molar-refractivity contribution in [1.82, 2.24) is 29.8 Å². The van der Waals surface area contributed by atoms with Crippen LogP contribution in [-0.4, -0.2) is 70.0 Å². The third kappa shape index (κ3) is 4.13. The zero-order valence-electron chi connectivity index (χ0n) is 18.2. The molecule has 1 saturated heterocycles. The zero-order valence-corrected chi connectivity index (χ0v) is 18.2. The maximum Gasteiger partial charge on any atom is 0.194 e. The lowest BCUT2D eigenvalue weighted by atomic mass is 9.92. The molecule has 4 aromatic rings. The molecule has 0 radical (unpaired) electrons. The topological polar surface area (TPSA) is 131 Å². The summed E-state index contributed by atoms with van der Waals surface area (Å²) in [5.74, 6) is -4.97. The molecular formula is C22H18F4N6O4. The summed E-state index contributed by atoms with van der Waals surface area (Å²) in [5, 5.41) is 47.2. The molecule has 0 unspecified atom stereocenters. The Bertz CT molecular complexity index is 1380. The van der Waals surface area contributed by atoms with Gasteiger partial charge in [0.25, 0.3) is 0 Å². The lowest BCUT2D eigenvalue weighted by Gasteiger charge is -2.41. The predicted molar refractivity (Wildman–Crippen MR) is 112 cm³/mol. The average molecular weight is 506 g/mol. The summed E-state index contributed by atoms with van der Waals surface area (Å²) in [6.07, 6.45) is -3.06. The highest BCUT2D eigenvalue weighted by Crippen LogP contribution is 2.38. The normalized spacial score (nSPS) is 24.2. The van der Waals surface area contributed by atoms with E-state index in [-0.39, 0.29) is 17.1 Å². The van der Waals surface area contributed by atoms with Crippen LogP contribution >= 0.6 is 0 Å². The van der Waals surface area contributed by atoms with Crippen LogP contribution in [0.5, 0.6) is 0 Å². The molecule has 5 rings (SSSR count). The first-order valence-electron chi connectivity index (χ1n) is 10.6. The van der Waals surface area contributed by atoms with Gasteiger partial charge in [0.05, 0.1) is 18.5 Å². The van der Waals surface area contributed by atoms with Gasteiger partial charge in [-0.05, 0) is 30.3 Å². The number of nitrogens with zero attached hydrogens (tertiary/aromatic N) is 6. The average Bonchev–Trinajstić information content (AvgIpc) is 3.53. The van der Waals surface area contributed by atoms with Crippen LogP contribution < -0.4 is 0 Å². The first kappa shape index (κ1) is 24.0. The van der Waals surface area contributed by atoms with Crippen LogP contribution in [0.25, 0.3) is 16.9 Å². The molecule has 0 saturated carbocycles. The number of hydrogen-bond acceptors (Lipinski definition) is 8. The van der Waals surface area contributed by atoms with Crippen molar-refractivity contribution in [2.75, 3.05) is 6.61 Å². The molecule has 0 spiro atoms. The lowest BCUT2D eigenvalue weighted by molar-refractivity contribution is -0.210. The molecule has 36 heavy (non-hydrogen) atoms. The molecule has 2 aromatic carbocycles. The monoisotopic (exact) mass is 506 g/mol. The molecule has 0 bridgehead atoms. The largest absolute Gasteiger partial charge is 0.394 e. The highest BCUT2D eigenvalue weighted by Gasteiger charge is 2.48. The van der Waals surface area contributed by atoms with E-state index in [1.54, 1.807) is 6.07 Å². The summed E-state index contributed by atoms with van der Waals surface area (Å²) < 4.78 is 62.6. The minimum atomic E-state index is -1.64. The first-order chi connectivity index (χ1) is 17.3. The van der Waals surface area contributed by atoms with Crippen molar-refractivity contribution in [3.63, 3.8) is 0 Å². The van der Waals surface area contributed by atoms with E-state index in [9.17, 15) is 32.9 Å². The first-order valence-corrected chi connectivity index (χ1v) is 10.6. The van der Waals surface area contributed by atoms with Gasteiger partial charge in [-0.3, -0.25) is 4.57 Å². The van der Waals surface area contributed by atoms with Crippen LogP contribution in [0.2, 0.25) is 0 Å². The Morgan fingerprint density at radius 2 is 1.72 bits per heavy atom. The minimum absolute atomic E-state index is 0.0477. The molecule has 0 amide bonds. The molecule has 5 atom stereocenters. The Morgan fingerprint density at radius 3 is 2.42 bits per heavy atom. The van der Waals surface area contributed by atoms with Gasteiger partial charge < -0.3 is 20.1 Å². The number of hydrogen-bond donors (Lipinski definition) is 3. The maximum absolute atomic E-state index is 13.8. The number of ether oxygens (including phenoxy) is 1. The molecular weight excluding hydrogens is 488 g/mol. The van der Waals surface area contributed by atoms with Crippen LogP contribution in [0.4, 0.5) is 17.6 Å². The minimum Gasteiger partial charge on any atom is -0.394 e. The molecule has 3 N–H and O–H groups in total. The van der Waals surface area contributed by atoms with Crippen molar-refractivity contribution >= 4 is 0 Å². The Labute approximate surface area is 200 Å². The summed E-state index contributed by atoms with van der Waals surface area (Å²) in [7, 11) is 0. The Balaban J connectivity index is 1.52. The Morgan fingerprint density at radius 1 is 0.972 bits per heavy atom. The molecule has 1 fully saturated rings. The summed E-state index contributed by atoms with van der Waals surface area (Å²) in [6, 6.07) is 5.68. The van der Waals surface area contributed by atoms with E-state index in [2.05, 4.69) is 20.5 Å². The van der Waals surface area contributed by atoms with Crippen molar-refractivity contribution < 1.29 is 37.6 Å². The third-order valence-electron chi connectivity index (χ3n) is 5.90. The summed E-state index contributed by atoms with van der Waals surface area (Å²) in [4.78, 5) is 0.